The Morgan fingerprint density at radius 3 is 2.53 bits per heavy atom. The summed E-state index contributed by atoms with van der Waals surface area (Å²) in [6, 6.07) is 13.9. The number of thiophene rings is 2. The number of carbonyl (C=O) groups excluding carboxylic acids is 1. The Morgan fingerprint density at radius 2 is 1.85 bits per heavy atom. The van der Waals surface area contributed by atoms with E-state index in [0.717, 1.165) is 22.1 Å². The van der Waals surface area contributed by atoms with Crippen molar-refractivity contribution < 1.29 is 22.1 Å². The zero-order valence-electron chi connectivity index (χ0n) is 18.7. The lowest BCUT2D eigenvalue weighted by molar-refractivity contribution is 0.103. The molecule has 4 aromatic rings. The van der Waals surface area contributed by atoms with Crippen molar-refractivity contribution in [3.63, 3.8) is 0 Å². The predicted octanol–water partition coefficient (Wildman–Crippen LogP) is 6.58. The maximum absolute atomic E-state index is 12.9. The molecule has 3 heterocycles. The molecule has 0 spiro atoms. The zero-order chi connectivity index (χ0) is 24.7. The van der Waals surface area contributed by atoms with Crippen LogP contribution < -0.4 is 10.1 Å². The highest BCUT2D eigenvalue weighted by molar-refractivity contribution is 7.87. The molecule has 0 aliphatic rings. The Kier molecular flexibility index (Phi) is 6.71. The van der Waals surface area contributed by atoms with Crippen LogP contribution in [0.4, 0.5) is 5.69 Å². The van der Waals surface area contributed by atoms with Gasteiger partial charge in [0.2, 0.25) is 5.88 Å². The van der Waals surface area contributed by atoms with Gasteiger partial charge in [0.1, 0.15) is 9.90 Å². The maximum Gasteiger partial charge on any atom is 0.276 e. The van der Waals surface area contributed by atoms with Gasteiger partial charge in [-0.15, -0.1) is 22.7 Å². The lowest BCUT2D eigenvalue weighted by Gasteiger charge is -2.23. The van der Waals surface area contributed by atoms with E-state index in [0.29, 0.717) is 21.2 Å². The maximum atomic E-state index is 12.9. The average Bonchev–Trinajstić information content (AvgIpc) is 3.38. The van der Waals surface area contributed by atoms with Crippen LogP contribution in [0.1, 0.15) is 34.0 Å². The van der Waals surface area contributed by atoms with Gasteiger partial charge in [0.05, 0.1) is 12.0 Å². The van der Waals surface area contributed by atoms with Gasteiger partial charge in [-0.1, -0.05) is 17.7 Å². The first kappa shape index (κ1) is 24.6. The number of anilines is 1. The van der Waals surface area contributed by atoms with Gasteiger partial charge >= 0.3 is 0 Å². The molecule has 11 heteroatoms. The fourth-order valence-electron chi connectivity index (χ4n) is 3.24. The van der Waals surface area contributed by atoms with Gasteiger partial charge in [-0.05, 0) is 68.1 Å². The Morgan fingerprint density at radius 1 is 1.09 bits per heavy atom. The third-order valence-corrected chi connectivity index (χ3v) is 9.34. The monoisotopic (exact) mass is 536 g/mol. The number of rotatable bonds is 7. The van der Waals surface area contributed by atoms with Crippen LogP contribution in [-0.2, 0) is 19.0 Å². The van der Waals surface area contributed by atoms with Gasteiger partial charge in [-0.25, -0.2) is 4.98 Å². The molecule has 1 amide bonds. The van der Waals surface area contributed by atoms with Gasteiger partial charge in [0.15, 0.2) is 5.06 Å². The van der Waals surface area contributed by atoms with Crippen LogP contribution >= 0.6 is 34.3 Å². The van der Waals surface area contributed by atoms with Crippen molar-refractivity contribution in [2.45, 2.75) is 25.5 Å². The molecule has 178 valence electrons. The number of aromatic nitrogens is 1. The van der Waals surface area contributed by atoms with Crippen LogP contribution in [0.25, 0.3) is 10.1 Å². The summed E-state index contributed by atoms with van der Waals surface area (Å²) in [5.41, 5.74) is 1.01. The number of nitrogens with zero attached hydrogens (tertiary/aromatic N) is 1. The molecule has 7 nitrogen and oxygen atoms in total. The Labute approximate surface area is 210 Å². The predicted molar refractivity (Wildman–Crippen MR) is 137 cm³/mol. The van der Waals surface area contributed by atoms with E-state index in [1.165, 1.54) is 28.7 Å². The standard InChI is InChI=1S/C23H21ClN2O5S3/c1-13-5-8-21(32-13)31-20-12-16(11-19(24)26-20)25-22(27)18-10-14-9-15(6-7-17(14)33-18)23(2,3)34(28,29)30-4/h5-12H,1-4H3,(H,25,26,27). The summed E-state index contributed by atoms with van der Waals surface area (Å²) < 4.78 is 34.8. The topological polar surface area (TPSA) is 94.6 Å². The van der Waals surface area contributed by atoms with Crippen LogP contribution in [0.3, 0.4) is 0 Å². The van der Waals surface area contributed by atoms with E-state index in [9.17, 15) is 13.2 Å². The highest BCUT2D eigenvalue weighted by Crippen LogP contribution is 2.35. The van der Waals surface area contributed by atoms with Gasteiger partial charge in [-0.2, -0.15) is 8.42 Å². The van der Waals surface area contributed by atoms with E-state index in [1.807, 2.05) is 19.1 Å². The molecule has 4 rings (SSSR count). The summed E-state index contributed by atoms with van der Waals surface area (Å²) in [7, 11) is -2.66. The molecule has 3 aromatic heterocycles. The van der Waals surface area contributed by atoms with Crippen molar-refractivity contribution in [3.8, 4) is 10.9 Å². The molecule has 0 bridgehead atoms. The number of nitrogens with one attached hydrogen (secondary N) is 1. The molecule has 0 atom stereocenters. The van der Waals surface area contributed by atoms with Crippen molar-refractivity contribution >= 4 is 66.1 Å². The number of ether oxygens (including phenoxy) is 1. The lowest BCUT2D eigenvalue weighted by Crippen LogP contribution is -2.30. The second-order valence-electron chi connectivity index (χ2n) is 7.93. The number of hydrogen-bond acceptors (Lipinski definition) is 8. The summed E-state index contributed by atoms with van der Waals surface area (Å²) in [5, 5.41) is 4.44. The number of halogens is 1. The smallest absolute Gasteiger partial charge is 0.276 e. The minimum Gasteiger partial charge on any atom is -0.428 e. The SMILES string of the molecule is COS(=O)(=O)C(C)(C)c1ccc2sc(C(=O)Nc3cc(Cl)nc(Oc4ccc(C)s4)c3)cc2c1. The Bertz CT molecular complexity index is 1490. The molecule has 34 heavy (non-hydrogen) atoms. The van der Waals surface area contributed by atoms with Gasteiger partial charge in [0, 0.05) is 21.3 Å². The number of fused-ring (bicyclic) bond motifs is 1. The molecule has 0 saturated heterocycles. The molecule has 1 N–H and O–H groups in total. The lowest BCUT2D eigenvalue weighted by atomic mass is 10.0. The summed E-state index contributed by atoms with van der Waals surface area (Å²) >= 11 is 8.90. The van der Waals surface area contributed by atoms with Crippen LogP contribution in [0.2, 0.25) is 5.15 Å². The molecule has 0 aliphatic heterocycles. The number of pyridine rings is 1. The molecule has 0 fully saturated rings. The number of aryl methyl sites for hydroxylation is 1. The van der Waals surface area contributed by atoms with E-state index < -0.39 is 14.9 Å². The third-order valence-electron chi connectivity index (χ3n) is 5.23. The molecular weight excluding hydrogens is 516 g/mol. The second-order valence-corrected chi connectivity index (χ2v) is 12.9. The number of hydrogen-bond donors (Lipinski definition) is 1. The molecule has 0 aliphatic carbocycles. The fraction of sp³-hybridized carbons (Fsp3) is 0.217. The summed E-state index contributed by atoms with van der Waals surface area (Å²) in [6.45, 7) is 5.13. The van der Waals surface area contributed by atoms with Crippen molar-refractivity contribution in [2.75, 3.05) is 12.4 Å². The van der Waals surface area contributed by atoms with E-state index in [-0.39, 0.29) is 16.9 Å². The molecule has 1 aromatic carbocycles. The highest BCUT2D eigenvalue weighted by atomic mass is 35.5. The summed E-state index contributed by atoms with van der Waals surface area (Å²) in [6.07, 6.45) is 0. The van der Waals surface area contributed by atoms with E-state index in [2.05, 4.69) is 10.3 Å². The second kappa shape index (κ2) is 9.27. The van der Waals surface area contributed by atoms with E-state index in [4.69, 9.17) is 20.5 Å². The fourth-order valence-corrected chi connectivity index (χ4v) is 5.93. The summed E-state index contributed by atoms with van der Waals surface area (Å²) in [4.78, 5) is 18.7. The minimum absolute atomic E-state index is 0.184. The van der Waals surface area contributed by atoms with Gasteiger partial charge in [0.25, 0.3) is 16.0 Å². The molecule has 0 saturated carbocycles. The third kappa shape index (κ3) is 4.96. The number of carbonyl (C=O) groups is 1. The molecular formula is C23H21ClN2O5S3. The Hall–Kier alpha value is -2.50. The summed E-state index contributed by atoms with van der Waals surface area (Å²) in [5.74, 6) is -0.0566. The number of benzene rings is 1. The zero-order valence-corrected chi connectivity index (χ0v) is 21.9. The van der Waals surface area contributed by atoms with Crippen molar-refractivity contribution in [3.05, 3.63) is 69.0 Å². The quantitative estimate of drug-likeness (QED) is 0.212. The number of amides is 1. The largest absolute Gasteiger partial charge is 0.428 e. The van der Waals surface area contributed by atoms with Crippen LogP contribution in [-0.4, -0.2) is 26.4 Å². The van der Waals surface area contributed by atoms with Gasteiger partial charge in [-0.3, -0.25) is 8.98 Å². The normalized spacial score (nSPS) is 12.1. The van der Waals surface area contributed by atoms with Crippen molar-refractivity contribution in [2.24, 2.45) is 0 Å². The van der Waals surface area contributed by atoms with Crippen LogP contribution in [0.5, 0.6) is 10.9 Å². The Balaban J connectivity index is 1.58. The van der Waals surface area contributed by atoms with E-state index in [1.54, 1.807) is 44.2 Å². The van der Waals surface area contributed by atoms with Gasteiger partial charge < -0.3 is 10.1 Å². The molecule has 0 radical (unpaired) electrons. The average molecular weight is 537 g/mol. The minimum atomic E-state index is -3.80. The van der Waals surface area contributed by atoms with Crippen LogP contribution in [0.15, 0.2) is 48.5 Å². The first-order valence-electron chi connectivity index (χ1n) is 10.1. The first-order chi connectivity index (χ1) is 16.0. The molecule has 0 unspecified atom stereocenters. The van der Waals surface area contributed by atoms with Crippen molar-refractivity contribution in [1.29, 1.82) is 0 Å². The van der Waals surface area contributed by atoms with E-state index >= 15 is 0 Å². The highest BCUT2D eigenvalue weighted by Gasteiger charge is 2.36. The van der Waals surface area contributed by atoms with Crippen molar-refractivity contribution in [1.82, 2.24) is 4.98 Å². The first-order valence-corrected chi connectivity index (χ1v) is 13.5. The van der Waals surface area contributed by atoms with Crippen LogP contribution in [0, 0.1) is 6.92 Å².